The van der Waals surface area contributed by atoms with Crippen LogP contribution < -0.4 is 4.74 Å². The van der Waals surface area contributed by atoms with E-state index in [1.807, 2.05) is 42.5 Å². The van der Waals surface area contributed by atoms with Crippen molar-refractivity contribution in [3.05, 3.63) is 65.7 Å². The second kappa shape index (κ2) is 8.37. The summed E-state index contributed by atoms with van der Waals surface area (Å²) in [6, 6.07) is 18.9. The third kappa shape index (κ3) is 4.35. The Morgan fingerprint density at radius 3 is 2.41 bits per heavy atom. The van der Waals surface area contributed by atoms with Crippen LogP contribution in [0.5, 0.6) is 5.75 Å². The van der Waals surface area contributed by atoms with Gasteiger partial charge in [0.05, 0.1) is 25.4 Å². The Kier molecular flexibility index (Phi) is 5.67. The molecule has 2 aromatic carbocycles. The van der Waals surface area contributed by atoms with Gasteiger partial charge in [0.1, 0.15) is 5.75 Å². The maximum Gasteiger partial charge on any atom is 0.257 e. The molecule has 2 aromatic rings. The van der Waals surface area contributed by atoms with E-state index in [-0.39, 0.29) is 11.9 Å². The zero-order chi connectivity index (χ0) is 20.4. The Hall–Kier alpha value is -2.66. The number of ether oxygens (including phenoxy) is 1. The molecule has 1 heterocycles. The largest absolute Gasteiger partial charge is 0.497 e. The van der Waals surface area contributed by atoms with Gasteiger partial charge >= 0.3 is 0 Å². The first-order valence-corrected chi connectivity index (χ1v) is 10.4. The summed E-state index contributed by atoms with van der Waals surface area (Å²) in [7, 11) is 1.66. The van der Waals surface area contributed by atoms with Gasteiger partial charge in [0.15, 0.2) is 0 Å². The van der Waals surface area contributed by atoms with Crippen molar-refractivity contribution in [2.75, 3.05) is 13.7 Å². The Balaban J connectivity index is 1.61. The van der Waals surface area contributed by atoms with Gasteiger partial charge in [-0.2, -0.15) is 5.10 Å². The average Bonchev–Trinajstić information content (AvgIpc) is 3.49. The molecule has 1 saturated carbocycles. The third-order valence-corrected chi connectivity index (χ3v) is 5.77. The number of carbonyl (C=O) groups is 1. The van der Waals surface area contributed by atoms with Gasteiger partial charge in [-0.05, 0) is 49.9 Å². The van der Waals surface area contributed by atoms with Gasteiger partial charge in [-0.1, -0.05) is 42.5 Å². The molecule has 1 atom stereocenters. The molecule has 1 fully saturated rings. The zero-order valence-corrected chi connectivity index (χ0v) is 17.4. The second-order valence-corrected chi connectivity index (χ2v) is 8.14. The van der Waals surface area contributed by atoms with E-state index in [0.717, 1.165) is 22.6 Å². The number of methoxy groups -OCH3 is 1. The molecule has 0 saturated heterocycles. The number of benzene rings is 2. The van der Waals surface area contributed by atoms with Crippen LogP contribution in [0.4, 0.5) is 0 Å². The molecule has 5 heteroatoms. The molecule has 1 aliphatic heterocycles. The summed E-state index contributed by atoms with van der Waals surface area (Å²) in [5.41, 5.74) is 3.11. The second-order valence-electron chi connectivity index (χ2n) is 8.14. The van der Waals surface area contributed by atoms with Crippen LogP contribution >= 0.6 is 0 Å². The van der Waals surface area contributed by atoms with Gasteiger partial charge in [0, 0.05) is 18.5 Å². The van der Waals surface area contributed by atoms with Crippen LogP contribution in [0.25, 0.3) is 0 Å². The summed E-state index contributed by atoms with van der Waals surface area (Å²) in [5, 5.41) is 6.50. The van der Waals surface area contributed by atoms with Crippen LogP contribution in [-0.2, 0) is 4.79 Å². The smallest absolute Gasteiger partial charge is 0.257 e. The van der Waals surface area contributed by atoms with E-state index in [1.54, 1.807) is 12.1 Å². The van der Waals surface area contributed by atoms with Gasteiger partial charge in [-0.15, -0.1) is 0 Å². The highest BCUT2D eigenvalue weighted by atomic mass is 16.5. The van der Waals surface area contributed by atoms with E-state index in [0.29, 0.717) is 25.0 Å². The summed E-state index contributed by atoms with van der Waals surface area (Å²) >= 11 is 0. The molecule has 29 heavy (non-hydrogen) atoms. The minimum atomic E-state index is -0.0863. The lowest BCUT2D eigenvalue weighted by molar-refractivity contribution is -0.134. The molecule has 2 aliphatic rings. The number of amides is 1. The molecule has 1 unspecified atom stereocenters. The van der Waals surface area contributed by atoms with Crippen molar-refractivity contribution in [1.29, 1.82) is 0 Å². The molecule has 0 radical (unpaired) electrons. The minimum absolute atomic E-state index is 0.0670. The van der Waals surface area contributed by atoms with E-state index in [9.17, 15) is 4.79 Å². The molecule has 0 N–H and O–H groups in total. The van der Waals surface area contributed by atoms with Crippen LogP contribution in [-0.4, -0.2) is 47.3 Å². The number of rotatable bonds is 7. The van der Waals surface area contributed by atoms with Crippen LogP contribution in [0.2, 0.25) is 0 Å². The fraction of sp³-hybridized carbons (Fsp3) is 0.417. The summed E-state index contributed by atoms with van der Waals surface area (Å²) in [4.78, 5) is 15.6. The first-order valence-electron chi connectivity index (χ1n) is 10.4. The molecule has 0 aromatic heterocycles. The Morgan fingerprint density at radius 2 is 1.83 bits per heavy atom. The van der Waals surface area contributed by atoms with Crippen LogP contribution in [0.1, 0.15) is 50.3 Å². The number of nitrogens with zero attached hydrogens (tertiary/aromatic N) is 3. The topological polar surface area (TPSA) is 45.1 Å². The van der Waals surface area contributed by atoms with Crippen LogP contribution in [0.15, 0.2) is 59.7 Å². The summed E-state index contributed by atoms with van der Waals surface area (Å²) < 4.78 is 5.29. The van der Waals surface area contributed by atoms with Crippen molar-refractivity contribution in [1.82, 2.24) is 9.91 Å². The van der Waals surface area contributed by atoms with Crippen LogP contribution in [0, 0.1) is 0 Å². The first-order chi connectivity index (χ1) is 14.1. The van der Waals surface area contributed by atoms with E-state index >= 15 is 0 Å². The maximum absolute atomic E-state index is 13.3. The normalized spacial score (nSPS) is 19.0. The molecule has 1 aliphatic carbocycles. The third-order valence-electron chi connectivity index (χ3n) is 5.77. The van der Waals surface area contributed by atoms with Gasteiger partial charge in [-0.25, -0.2) is 5.01 Å². The number of hydrogen-bond acceptors (Lipinski definition) is 4. The molecular formula is C24H29N3O2. The van der Waals surface area contributed by atoms with E-state index < -0.39 is 0 Å². The molecule has 5 nitrogen and oxygen atoms in total. The zero-order valence-electron chi connectivity index (χ0n) is 17.4. The summed E-state index contributed by atoms with van der Waals surface area (Å²) in [5.74, 6) is 0.880. The van der Waals surface area contributed by atoms with Crippen molar-refractivity contribution >= 4 is 11.6 Å². The Bertz CT molecular complexity index is 871. The van der Waals surface area contributed by atoms with Crippen molar-refractivity contribution < 1.29 is 9.53 Å². The monoisotopic (exact) mass is 391 g/mol. The Labute approximate surface area is 173 Å². The van der Waals surface area contributed by atoms with Crippen molar-refractivity contribution in [3.63, 3.8) is 0 Å². The van der Waals surface area contributed by atoms with E-state index in [2.05, 4.69) is 30.9 Å². The first kappa shape index (κ1) is 19.6. The van der Waals surface area contributed by atoms with Crippen LogP contribution in [0.3, 0.4) is 0 Å². The predicted molar refractivity (Wildman–Crippen MR) is 115 cm³/mol. The molecule has 0 bridgehead atoms. The van der Waals surface area contributed by atoms with Gasteiger partial charge in [-0.3, -0.25) is 9.69 Å². The lowest BCUT2D eigenvalue weighted by Crippen LogP contribution is -2.42. The van der Waals surface area contributed by atoms with Gasteiger partial charge < -0.3 is 4.74 Å². The lowest BCUT2D eigenvalue weighted by atomic mass is 9.98. The maximum atomic E-state index is 13.3. The molecule has 4 rings (SSSR count). The van der Waals surface area contributed by atoms with E-state index in [1.165, 1.54) is 12.8 Å². The number of carbonyl (C=O) groups excluding carboxylic acids is 1. The highest BCUT2D eigenvalue weighted by molar-refractivity contribution is 6.03. The molecule has 1 amide bonds. The molecule has 152 valence electrons. The predicted octanol–water partition coefficient (Wildman–Crippen LogP) is 4.25. The quantitative estimate of drug-likeness (QED) is 0.709. The van der Waals surface area contributed by atoms with Crippen molar-refractivity contribution in [3.8, 4) is 5.75 Å². The Morgan fingerprint density at radius 1 is 1.14 bits per heavy atom. The molecule has 0 spiro atoms. The number of hydrazone groups is 1. The van der Waals surface area contributed by atoms with Gasteiger partial charge in [0.25, 0.3) is 5.91 Å². The summed E-state index contributed by atoms with van der Waals surface area (Å²) in [6.45, 7) is 4.74. The summed E-state index contributed by atoms with van der Waals surface area (Å²) in [6.07, 6.45) is 3.09. The SMILES string of the molecule is COc1ccc(C2CC(c3ccccc3)=NN2C(=O)CN(C(C)C)C2CC2)cc1. The van der Waals surface area contributed by atoms with Crippen molar-refractivity contribution in [2.24, 2.45) is 5.10 Å². The standard InChI is InChI=1S/C24H29N3O2/c1-17(2)26(20-11-12-20)16-24(28)27-23(19-9-13-21(29-3)14-10-19)15-22(25-27)18-7-5-4-6-8-18/h4-10,13-14,17,20,23H,11-12,15-16H2,1-3H3. The highest BCUT2D eigenvalue weighted by Crippen LogP contribution is 2.35. The number of hydrogen-bond donors (Lipinski definition) is 0. The van der Waals surface area contributed by atoms with Crippen molar-refractivity contribution in [2.45, 2.75) is 51.2 Å². The average molecular weight is 392 g/mol. The van der Waals surface area contributed by atoms with Gasteiger partial charge in [0.2, 0.25) is 0 Å². The van der Waals surface area contributed by atoms with E-state index in [4.69, 9.17) is 9.84 Å². The fourth-order valence-electron chi connectivity index (χ4n) is 4.00. The highest BCUT2D eigenvalue weighted by Gasteiger charge is 2.37. The fourth-order valence-corrected chi connectivity index (χ4v) is 4.00. The molecular weight excluding hydrogens is 362 g/mol. The lowest BCUT2D eigenvalue weighted by Gasteiger charge is -2.29. The minimum Gasteiger partial charge on any atom is -0.497 e.